The van der Waals surface area contributed by atoms with Gasteiger partial charge >= 0.3 is 0 Å². The Morgan fingerprint density at radius 1 is 1.11 bits per heavy atom. The zero-order valence-electron chi connectivity index (χ0n) is 13.5. The summed E-state index contributed by atoms with van der Waals surface area (Å²) in [6.45, 7) is 8.12. The fourth-order valence-corrected chi connectivity index (χ4v) is 4.86. The van der Waals surface area contributed by atoms with Crippen LogP contribution in [0.15, 0.2) is 0 Å². The number of likely N-dealkylation sites (N-methyl/N-ethyl adjacent to an activating group) is 1. The second kappa shape index (κ2) is 6.13. The SMILES string of the molecule is CC1CCC(CN)(N(C)C2CCCCC2C)C(C)C1. The second-order valence-electron chi connectivity index (χ2n) is 7.53. The Hall–Kier alpha value is -0.0800. The Balaban J connectivity index is 2.15. The van der Waals surface area contributed by atoms with Gasteiger partial charge in [0.2, 0.25) is 0 Å². The molecule has 2 aliphatic rings. The van der Waals surface area contributed by atoms with E-state index in [0.29, 0.717) is 0 Å². The quantitative estimate of drug-likeness (QED) is 0.845. The van der Waals surface area contributed by atoms with E-state index in [4.69, 9.17) is 5.73 Å². The van der Waals surface area contributed by atoms with E-state index in [2.05, 4.69) is 32.7 Å². The summed E-state index contributed by atoms with van der Waals surface area (Å²) in [5.41, 5.74) is 6.55. The minimum Gasteiger partial charge on any atom is -0.329 e. The highest BCUT2D eigenvalue weighted by Crippen LogP contribution is 2.43. The normalized spacial score (nSPS) is 44.5. The fourth-order valence-electron chi connectivity index (χ4n) is 4.86. The lowest BCUT2D eigenvalue weighted by atomic mass is 9.67. The predicted octanol–water partition coefficient (Wildman–Crippen LogP) is 3.65. The Morgan fingerprint density at radius 3 is 2.37 bits per heavy atom. The number of hydrogen-bond acceptors (Lipinski definition) is 2. The van der Waals surface area contributed by atoms with Gasteiger partial charge in [0.15, 0.2) is 0 Å². The molecule has 5 unspecified atom stereocenters. The van der Waals surface area contributed by atoms with Crippen LogP contribution in [0, 0.1) is 17.8 Å². The van der Waals surface area contributed by atoms with Crippen LogP contribution in [-0.2, 0) is 0 Å². The molecule has 0 saturated heterocycles. The number of nitrogens with zero attached hydrogens (tertiary/aromatic N) is 1. The third-order valence-electron chi connectivity index (χ3n) is 6.36. The summed E-state index contributed by atoms with van der Waals surface area (Å²) in [6.07, 6.45) is 9.61. The molecule has 0 heterocycles. The lowest BCUT2D eigenvalue weighted by Gasteiger charge is -2.54. The first kappa shape index (κ1) is 15.3. The molecule has 2 heteroatoms. The van der Waals surface area contributed by atoms with E-state index in [-0.39, 0.29) is 5.54 Å². The average Bonchev–Trinajstić information content (AvgIpc) is 2.39. The highest BCUT2D eigenvalue weighted by molar-refractivity contribution is 5.01. The smallest absolute Gasteiger partial charge is 0.0357 e. The van der Waals surface area contributed by atoms with Crippen molar-refractivity contribution in [1.29, 1.82) is 0 Å². The van der Waals surface area contributed by atoms with Crippen molar-refractivity contribution in [3.63, 3.8) is 0 Å². The molecule has 5 atom stereocenters. The van der Waals surface area contributed by atoms with Crippen LogP contribution in [0.25, 0.3) is 0 Å². The standard InChI is InChI=1S/C17H34N2/c1-13-9-10-17(12-18,15(3)11-13)19(4)16-8-6-5-7-14(16)2/h13-16H,5-12,18H2,1-4H3. The van der Waals surface area contributed by atoms with Gasteiger partial charge in [-0.15, -0.1) is 0 Å². The summed E-state index contributed by atoms with van der Waals surface area (Å²) in [5.74, 6) is 2.46. The van der Waals surface area contributed by atoms with E-state index in [0.717, 1.165) is 30.3 Å². The van der Waals surface area contributed by atoms with Gasteiger partial charge < -0.3 is 5.73 Å². The van der Waals surface area contributed by atoms with E-state index in [9.17, 15) is 0 Å². The molecule has 2 saturated carbocycles. The molecule has 112 valence electrons. The third-order valence-corrected chi connectivity index (χ3v) is 6.36. The zero-order valence-corrected chi connectivity index (χ0v) is 13.5. The Morgan fingerprint density at radius 2 is 1.79 bits per heavy atom. The maximum atomic E-state index is 6.29. The molecule has 2 fully saturated rings. The highest BCUT2D eigenvalue weighted by Gasteiger charge is 2.45. The molecular formula is C17H34N2. The maximum absolute atomic E-state index is 6.29. The molecule has 0 aromatic carbocycles. The van der Waals surface area contributed by atoms with E-state index >= 15 is 0 Å². The monoisotopic (exact) mass is 266 g/mol. The lowest BCUT2D eigenvalue weighted by molar-refractivity contribution is -0.0342. The van der Waals surface area contributed by atoms with Crippen molar-refractivity contribution in [2.45, 2.75) is 77.3 Å². The predicted molar refractivity (Wildman–Crippen MR) is 83.1 cm³/mol. The van der Waals surface area contributed by atoms with Crippen molar-refractivity contribution < 1.29 is 0 Å². The van der Waals surface area contributed by atoms with E-state index in [1.807, 2.05) is 0 Å². The third kappa shape index (κ3) is 2.85. The van der Waals surface area contributed by atoms with E-state index < -0.39 is 0 Å². The lowest BCUT2D eigenvalue weighted by Crippen LogP contribution is -2.62. The van der Waals surface area contributed by atoms with Crippen LogP contribution in [-0.4, -0.2) is 30.1 Å². The van der Waals surface area contributed by atoms with Gasteiger partial charge in [0.25, 0.3) is 0 Å². The minimum atomic E-state index is 0.267. The fraction of sp³-hybridized carbons (Fsp3) is 1.00. The number of hydrogen-bond donors (Lipinski definition) is 1. The van der Waals surface area contributed by atoms with Crippen LogP contribution in [0.5, 0.6) is 0 Å². The molecule has 0 aromatic rings. The maximum Gasteiger partial charge on any atom is 0.0357 e. The molecule has 19 heavy (non-hydrogen) atoms. The van der Waals surface area contributed by atoms with Crippen molar-refractivity contribution in [2.24, 2.45) is 23.5 Å². The van der Waals surface area contributed by atoms with Crippen LogP contribution in [0.3, 0.4) is 0 Å². The van der Waals surface area contributed by atoms with Crippen LogP contribution >= 0.6 is 0 Å². The van der Waals surface area contributed by atoms with Gasteiger partial charge in [-0.2, -0.15) is 0 Å². The Labute approximate surface area is 120 Å². The van der Waals surface area contributed by atoms with Crippen LogP contribution < -0.4 is 5.73 Å². The molecular weight excluding hydrogens is 232 g/mol. The van der Waals surface area contributed by atoms with Crippen molar-refractivity contribution in [2.75, 3.05) is 13.6 Å². The van der Waals surface area contributed by atoms with Crippen molar-refractivity contribution in [3.8, 4) is 0 Å². The largest absolute Gasteiger partial charge is 0.329 e. The van der Waals surface area contributed by atoms with Gasteiger partial charge in [0, 0.05) is 18.1 Å². The summed E-state index contributed by atoms with van der Waals surface area (Å²) < 4.78 is 0. The molecule has 0 bridgehead atoms. The average molecular weight is 266 g/mol. The first-order valence-corrected chi connectivity index (χ1v) is 8.44. The van der Waals surface area contributed by atoms with E-state index in [1.54, 1.807) is 0 Å². The summed E-state index contributed by atoms with van der Waals surface area (Å²) in [5, 5.41) is 0. The number of nitrogens with two attached hydrogens (primary N) is 1. The van der Waals surface area contributed by atoms with Gasteiger partial charge in [-0.3, -0.25) is 4.90 Å². The summed E-state index contributed by atoms with van der Waals surface area (Å²) >= 11 is 0. The van der Waals surface area contributed by atoms with Crippen molar-refractivity contribution >= 4 is 0 Å². The minimum absolute atomic E-state index is 0.267. The molecule has 0 radical (unpaired) electrons. The van der Waals surface area contributed by atoms with Crippen LogP contribution in [0.1, 0.15) is 65.7 Å². The van der Waals surface area contributed by atoms with Gasteiger partial charge in [0.05, 0.1) is 0 Å². The molecule has 2 rings (SSSR count). The van der Waals surface area contributed by atoms with Crippen molar-refractivity contribution in [1.82, 2.24) is 4.90 Å². The number of rotatable bonds is 3. The Kier molecular flexibility index (Phi) is 4.94. The van der Waals surface area contributed by atoms with Gasteiger partial charge in [-0.05, 0) is 56.9 Å². The molecule has 2 aliphatic carbocycles. The van der Waals surface area contributed by atoms with Gasteiger partial charge in [0.1, 0.15) is 0 Å². The van der Waals surface area contributed by atoms with Gasteiger partial charge in [-0.25, -0.2) is 0 Å². The van der Waals surface area contributed by atoms with Crippen LogP contribution in [0.4, 0.5) is 0 Å². The molecule has 2 N–H and O–H groups in total. The van der Waals surface area contributed by atoms with Gasteiger partial charge in [-0.1, -0.05) is 33.6 Å². The summed E-state index contributed by atoms with van der Waals surface area (Å²) in [6, 6.07) is 0.758. The molecule has 2 nitrogen and oxygen atoms in total. The molecule has 0 aliphatic heterocycles. The topological polar surface area (TPSA) is 29.3 Å². The highest BCUT2D eigenvalue weighted by atomic mass is 15.2. The summed E-state index contributed by atoms with van der Waals surface area (Å²) in [7, 11) is 2.37. The van der Waals surface area contributed by atoms with Crippen LogP contribution in [0.2, 0.25) is 0 Å². The van der Waals surface area contributed by atoms with Crippen molar-refractivity contribution in [3.05, 3.63) is 0 Å². The second-order valence-corrected chi connectivity index (χ2v) is 7.53. The Bertz CT molecular complexity index is 291. The summed E-state index contributed by atoms with van der Waals surface area (Å²) in [4.78, 5) is 2.72. The first-order chi connectivity index (χ1) is 9.01. The zero-order chi connectivity index (χ0) is 14.0. The molecule has 0 aromatic heterocycles. The van der Waals surface area contributed by atoms with E-state index in [1.165, 1.54) is 44.9 Å². The molecule has 0 spiro atoms. The first-order valence-electron chi connectivity index (χ1n) is 8.44. The molecule has 0 amide bonds.